The molecule has 0 saturated carbocycles. The summed E-state index contributed by atoms with van der Waals surface area (Å²) in [6, 6.07) is 13.5. The average Bonchev–Trinajstić information content (AvgIpc) is 2.48. The van der Waals surface area contributed by atoms with E-state index in [4.69, 9.17) is 5.73 Å². The van der Waals surface area contributed by atoms with Crippen LogP contribution in [0, 0.1) is 0 Å². The Bertz CT molecular complexity index is 715. The van der Waals surface area contributed by atoms with Gasteiger partial charge in [-0.15, -0.1) is 0 Å². The van der Waals surface area contributed by atoms with Crippen molar-refractivity contribution in [1.82, 2.24) is 4.72 Å². The van der Waals surface area contributed by atoms with Crippen LogP contribution in [-0.2, 0) is 10.0 Å². The van der Waals surface area contributed by atoms with Gasteiger partial charge in [-0.2, -0.15) is 0 Å². The molecule has 0 bridgehead atoms. The van der Waals surface area contributed by atoms with Gasteiger partial charge in [0.15, 0.2) is 0 Å². The van der Waals surface area contributed by atoms with Gasteiger partial charge >= 0.3 is 0 Å². The van der Waals surface area contributed by atoms with Gasteiger partial charge in [0.05, 0.1) is 10.6 Å². The Balaban J connectivity index is 2.09. The molecule has 0 aliphatic rings. The highest BCUT2D eigenvalue weighted by molar-refractivity contribution is 7.89. The maximum Gasteiger partial charge on any atom is 0.240 e. The number of nitrogen functional groups attached to an aromatic ring is 1. The predicted molar refractivity (Wildman–Crippen MR) is 82.6 cm³/mol. The van der Waals surface area contributed by atoms with Crippen LogP contribution in [0.1, 0.15) is 18.4 Å². The lowest BCUT2D eigenvalue weighted by Crippen LogP contribution is -2.27. The number of hydrogen-bond donors (Lipinski definition) is 3. The molecule has 2 aromatic rings. The molecule has 21 heavy (non-hydrogen) atoms. The lowest BCUT2D eigenvalue weighted by molar-refractivity contribution is 0.477. The molecule has 0 aromatic heterocycles. The van der Waals surface area contributed by atoms with Gasteiger partial charge in [0.25, 0.3) is 0 Å². The zero-order valence-corrected chi connectivity index (χ0v) is 12.5. The van der Waals surface area contributed by atoms with Gasteiger partial charge < -0.3 is 10.8 Å². The number of aromatic hydroxyl groups is 1. The molecule has 0 aliphatic heterocycles. The van der Waals surface area contributed by atoms with Crippen LogP contribution in [-0.4, -0.2) is 20.1 Å². The summed E-state index contributed by atoms with van der Waals surface area (Å²) in [5, 5.41) is 9.34. The molecule has 0 heterocycles. The minimum Gasteiger partial charge on any atom is -0.506 e. The third-order valence-corrected chi connectivity index (χ3v) is 4.68. The van der Waals surface area contributed by atoms with Gasteiger partial charge in [-0.25, -0.2) is 13.1 Å². The van der Waals surface area contributed by atoms with Gasteiger partial charge in [0, 0.05) is 6.54 Å². The van der Waals surface area contributed by atoms with Crippen molar-refractivity contribution in [2.75, 3.05) is 12.3 Å². The molecule has 4 N–H and O–H groups in total. The highest BCUT2D eigenvalue weighted by Gasteiger charge is 2.16. The van der Waals surface area contributed by atoms with Gasteiger partial charge in [0.1, 0.15) is 5.75 Å². The molecule has 1 atom stereocenters. The summed E-state index contributed by atoms with van der Waals surface area (Å²) >= 11 is 0. The summed E-state index contributed by atoms with van der Waals surface area (Å²) in [4.78, 5) is 0.0399. The summed E-state index contributed by atoms with van der Waals surface area (Å²) in [7, 11) is -3.64. The first-order valence-electron chi connectivity index (χ1n) is 6.53. The maximum absolute atomic E-state index is 12.2. The molecule has 112 valence electrons. The molecule has 2 aromatic carbocycles. The van der Waals surface area contributed by atoms with Crippen LogP contribution < -0.4 is 10.5 Å². The fourth-order valence-electron chi connectivity index (χ4n) is 1.92. The Morgan fingerprint density at radius 3 is 2.48 bits per heavy atom. The number of nitrogens with one attached hydrogen (secondary N) is 1. The van der Waals surface area contributed by atoms with E-state index in [-0.39, 0.29) is 28.8 Å². The molecule has 0 radical (unpaired) electrons. The largest absolute Gasteiger partial charge is 0.506 e. The Hall–Kier alpha value is -2.05. The fraction of sp³-hybridized carbons (Fsp3) is 0.200. The van der Waals surface area contributed by atoms with Gasteiger partial charge in [-0.3, -0.25) is 0 Å². The van der Waals surface area contributed by atoms with Crippen molar-refractivity contribution in [3.05, 3.63) is 54.1 Å². The van der Waals surface area contributed by atoms with Crippen LogP contribution >= 0.6 is 0 Å². The lowest BCUT2D eigenvalue weighted by atomic mass is 10.0. The number of rotatable bonds is 5. The smallest absolute Gasteiger partial charge is 0.240 e. The number of hydrogen-bond acceptors (Lipinski definition) is 4. The second kappa shape index (κ2) is 6.15. The number of benzene rings is 2. The molecule has 6 heteroatoms. The molecule has 0 fully saturated rings. The number of nitrogens with two attached hydrogens (primary N) is 1. The molecule has 2 rings (SSSR count). The first kappa shape index (κ1) is 15.3. The van der Waals surface area contributed by atoms with Crippen LogP contribution in [0.3, 0.4) is 0 Å². The fourth-order valence-corrected chi connectivity index (χ4v) is 3.08. The van der Waals surface area contributed by atoms with E-state index in [0.29, 0.717) is 0 Å². The van der Waals surface area contributed by atoms with Crippen LogP contribution in [0.5, 0.6) is 5.75 Å². The zero-order valence-electron chi connectivity index (χ0n) is 11.7. The summed E-state index contributed by atoms with van der Waals surface area (Å²) in [5.41, 5.74) is 6.62. The van der Waals surface area contributed by atoms with Crippen LogP contribution in [0.25, 0.3) is 0 Å². The Morgan fingerprint density at radius 2 is 1.86 bits per heavy atom. The van der Waals surface area contributed by atoms with Crippen LogP contribution in [0.2, 0.25) is 0 Å². The van der Waals surface area contributed by atoms with Crippen molar-refractivity contribution in [3.63, 3.8) is 0 Å². The first-order valence-corrected chi connectivity index (χ1v) is 8.01. The first-order chi connectivity index (χ1) is 9.90. The highest BCUT2D eigenvalue weighted by atomic mass is 32.2. The quantitative estimate of drug-likeness (QED) is 0.582. The molecule has 0 aliphatic carbocycles. The summed E-state index contributed by atoms with van der Waals surface area (Å²) in [6.07, 6.45) is 0. The number of anilines is 1. The zero-order chi connectivity index (χ0) is 15.5. The van der Waals surface area contributed by atoms with Crippen molar-refractivity contribution in [2.24, 2.45) is 0 Å². The molecule has 0 amide bonds. The number of sulfonamides is 1. The van der Waals surface area contributed by atoms with E-state index >= 15 is 0 Å². The molecule has 0 spiro atoms. The summed E-state index contributed by atoms with van der Waals surface area (Å²) in [5.74, 6) is -0.0814. The molecular formula is C15H18N2O3S. The summed E-state index contributed by atoms with van der Waals surface area (Å²) in [6.45, 7) is 2.23. The monoisotopic (exact) mass is 306 g/mol. The molecule has 0 saturated heterocycles. The van der Waals surface area contributed by atoms with Crippen LogP contribution in [0.15, 0.2) is 53.4 Å². The molecule has 1 unspecified atom stereocenters. The standard InChI is InChI=1S/C15H18N2O3S/c1-11(12-5-3-2-4-6-12)10-17-21(19,20)13-7-8-15(18)14(16)9-13/h2-9,11,17-18H,10,16H2,1H3. The van der Waals surface area contributed by atoms with Crippen molar-refractivity contribution >= 4 is 15.7 Å². The summed E-state index contributed by atoms with van der Waals surface area (Å²) < 4.78 is 26.9. The third kappa shape index (κ3) is 3.74. The van der Waals surface area contributed by atoms with E-state index in [0.717, 1.165) is 5.56 Å². The number of phenolic OH excluding ortho intramolecular Hbond substituents is 1. The van der Waals surface area contributed by atoms with E-state index in [9.17, 15) is 13.5 Å². The van der Waals surface area contributed by atoms with Crippen molar-refractivity contribution in [1.29, 1.82) is 0 Å². The molecular weight excluding hydrogens is 288 g/mol. The second-order valence-corrected chi connectivity index (χ2v) is 6.65. The number of phenols is 1. The van der Waals surface area contributed by atoms with E-state index in [1.54, 1.807) is 0 Å². The van der Waals surface area contributed by atoms with Gasteiger partial charge in [-0.05, 0) is 29.7 Å². The second-order valence-electron chi connectivity index (χ2n) is 4.88. The lowest BCUT2D eigenvalue weighted by Gasteiger charge is -2.13. The maximum atomic E-state index is 12.2. The van der Waals surface area contributed by atoms with E-state index in [2.05, 4.69) is 4.72 Å². The van der Waals surface area contributed by atoms with Crippen LogP contribution in [0.4, 0.5) is 5.69 Å². The highest BCUT2D eigenvalue weighted by Crippen LogP contribution is 2.23. The van der Waals surface area contributed by atoms with E-state index in [1.165, 1.54) is 18.2 Å². The van der Waals surface area contributed by atoms with E-state index < -0.39 is 10.0 Å². The van der Waals surface area contributed by atoms with Gasteiger partial charge in [-0.1, -0.05) is 37.3 Å². The van der Waals surface area contributed by atoms with Crippen molar-refractivity contribution in [3.8, 4) is 5.75 Å². The van der Waals surface area contributed by atoms with E-state index in [1.807, 2.05) is 37.3 Å². The Kier molecular flexibility index (Phi) is 4.50. The van der Waals surface area contributed by atoms with Crippen molar-refractivity contribution in [2.45, 2.75) is 17.7 Å². The third-order valence-electron chi connectivity index (χ3n) is 3.26. The average molecular weight is 306 g/mol. The topological polar surface area (TPSA) is 92.4 Å². The SMILES string of the molecule is CC(CNS(=O)(=O)c1ccc(O)c(N)c1)c1ccccc1. The minimum absolute atomic E-state index is 0.0361. The Labute approximate surface area is 124 Å². The molecule has 5 nitrogen and oxygen atoms in total. The Morgan fingerprint density at radius 1 is 1.19 bits per heavy atom. The normalized spacial score (nSPS) is 13.0. The predicted octanol–water partition coefficient (Wildman–Crippen LogP) is 2.06. The van der Waals surface area contributed by atoms with Crippen molar-refractivity contribution < 1.29 is 13.5 Å². The van der Waals surface area contributed by atoms with Gasteiger partial charge in [0.2, 0.25) is 10.0 Å². The minimum atomic E-state index is -3.64.